The maximum absolute atomic E-state index is 13.7. The number of benzene rings is 1. The van der Waals surface area contributed by atoms with Crippen LogP contribution >= 0.6 is 0 Å². The number of aromatic nitrogens is 1. The number of ether oxygens (including phenoxy) is 5. The summed E-state index contributed by atoms with van der Waals surface area (Å²) in [4.78, 5) is 56.2. The van der Waals surface area contributed by atoms with Gasteiger partial charge in [-0.25, -0.2) is 14.6 Å². The second-order valence-electron chi connectivity index (χ2n) is 12.2. The van der Waals surface area contributed by atoms with E-state index < -0.39 is 77.4 Å². The Morgan fingerprint density at radius 3 is 2.23 bits per heavy atom. The van der Waals surface area contributed by atoms with Gasteiger partial charge in [0.1, 0.15) is 29.9 Å². The van der Waals surface area contributed by atoms with Crippen molar-refractivity contribution < 1.29 is 48.0 Å². The summed E-state index contributed by atoms with van der Waals surface area (Å²) >= 11 is 0. The molecule has 8 atom stereocenters. The Hall–Kier alpha value is -3.83. The Bertz CT molecular complexity index is 1380. The van der Waals surface area contributed by atoms with Crippen LogP contribution in [0.3, 0.4) is 0 Å². The van der Waals surface area contributed by atoms with Gasteiger partial charge in [-0.3, -0.25) is 9.59 Å². The lowest BCUT2D eigenvalue weighted by atomic mass is 9.48. The second kappa shape index (κ2) is 11.3. The minimum absolute atomic E-state index is 0.0251. The van der Waals surface area contributed by atoms with Crippen molar-refractivity contribution in [3.05, 3.63) is 66.0 Å². The van der Waals surface area contributed by atoms with Crippen molar-refractivity contribution in [2.45, 2.75) is 83.1 Å². The molecule has 2 bridgehead atoms. The first-order chi connectivity index (χ1) is 20.3. The Kier molecular flexibility index (Phi) is 8.08. The molecule has 1 aromatic heterocycles. The standard InChI is InChI=1S/C32H37NO10/c1-18-15-24(36)26(41-20(3)35)31(17-39-29(38)23-13-9-10-14-33-23)27(42-28(37)21-11-7-6-8-12-21)25(40-19(2)34)22-16-32(18,31)43-30(22,4)5/h6-14,18,22,24-27,36H,15-17H2,1-5H3. The van der Waals surface area contributed by atoms with Crippen LogP contribution in [-0.4, -0.2) is 76.2 Å². The molecule has 1 aromatic carbocycles. The number of carbonyl (C=O) groups is 4. The largest absolute Gasteiger partial charge is 0.460 e. The van der Waals surface area contributed by atoms with Gasteiger partial charge in [0.05, 0.1) is 22.9 Å². The van der Waals surface area contributed by atoms with E-state index in [1.807, 2.05) is 20.8 Å². The summed E-state index contributed by atoms with van der Waals surface area (Å²) in [6.07, 6.45) is -3.14. The van der Waals surface area contributed by atoms with Gasteiger partial charge in [-0.2, -0.15) is 0 Å². The quantitative estimate of drug-likeness (QED) is 0.371. The predicted octanol–water partition coefficient (Wildman–Crippen LogP) is 3.28. The molecule has 2 saturated carbocycles. The number of nitrogens with zero attached hydrogens (tertiary/aromatic N) is 1. The van der Waals surface area contributed by atoms with Crippen LogP contribution in [0.25, 0.3) is 0 Å². The molecule has 1 spiro atoms. The number of pyridine rings is 1. The van der Waals surface area contributed by atoms with Crippen LogP contribution in [0.5, 0.6) is 0 Å². The van der Waals surface area contributed by atoms with E-state index in [4.69, 9.17) is 23.7 Å². The summed E-state index contributed by atoms with van der Waals surface area (Å²) in [6.45, 7) is 7.54. The minimum Gasteiger partial charge on any atom is -0.460 e. The number of aliphatic hydroxyl groups is 1. The summed E-state index contributed by atoms with van der Waals surface area (Å²) in [7, 11) is 0. The van der Waals surface area contributed by atoms with E-state index >= 15 is 0 Å². The third kappa shape index (κ3) is 5.18. The molecule has 3 aliphatic rings. The van der Waals surface area contributed by atoms with Gasteiger partial charge in [0, 0.05) is 26.0 Å². The van der Waals surface area contributed by atoms with Crippen LogP contribution < -0.4 is 0 Å². The molecule has 0 radical (unpaired) electrons. The summed E-state index contributed by atoms with van der Waals surface area (Å²) in [5, 5.41) is 11.5. The van der Waals surface area contributed by atoms with Crippen LogP contribution in [0.2, 0.25) is 0 Å². The smallest absolute Gasteiger partial charge is 0.356 e. The van der Waals surface area contributed by atoms with Crippen molar-refractivity contribution in [2.24, 2.45) is 17.3 Å². The SMILES string of the molecule is CC(=O)OC1C2CC3(OC2(C)C)C(C)CC(O)C(OC(C)=O)C3(COC(=O)c2ccccn2)C1OC(=O)c1ccccc1. The highest BCUT2D eigenvalue weighted by Crippen LogP contribution is 2.67. The fraction of sp³-hybridized carbons (Fsp3) is 0.531. The van der Waals surface area contributed by atoms with Crippen LogP contribution in [0, 0.1) is 17.3 Å². The van der Waals surface area contributed by atoms with Gasteiger partial charge in [0.2, 0.25) is 0 Å². The zero-order valence-corrected chi connectivity index (χ0v) is 24.9. The van der Waals surface area contributed by atoms with Gasteiger partial charge >= 0.3 is 23.9 Å². The molecular formula is C32H37NO10. The number of carbonyl (C=O) groups excluding carboxylic acids is 4. The van der Waals surface area contributed by atoms with E-state index in [-0.39, 0.29) is 23.6 Å². The van der Waals surface area contributed by atoms with Crippen LogP contribution in [0.15, 0.2) is 54.7 Å². The molecule has 2 aromatic rings. The first kappa shape index (κ1) is 30.6. The molecule has 2 aliphatic carbocycles. The van der Waals surface area contributed by atoms with Crippen molar-refractivity contribution in [1.29, 1.82) is 0 Å². The molecule has 1 saturated heterocycles. The monoisotopic (exact) mass is 595 g/mol. The van der Waals surface area contributed by atoms with E-state index in [0.717, 1.165) is 0 Å². The summed E-state index contributed by atoms with van der Waals surface area (Å²) in [6, 6.07) is 13.0. The molecule has 11 nitrogen and oxygen atoms in total. The zero-order valence-electron chi connectivity index (χ0n) is 24.9. The average molecular weight is 596 g/mol. The minimum atomic E-state index is -1.70. The van der Waals surface area contributed by atoms with Crippen molar-refractivity contribution in [2.75, 3.05) is 6.61 Å². The van der Waals surface area contributed by atoms with Crippen molar-refractivity contribution >= 4 is 23.9 Å². The van der Waals surface area contributed by atoms with Crippen LogP contribution in [0.4, 0.5) is 0 Å². The summed E-state index contributed by atoms with van der Waals surface area (Å²) in [5.74, 6) is -3.70. The van der Waals surface area contributed by atoms with Gasteiger partial charge in [-0.05, 0) is 56.9 Å². The summed E-state index contributed by atoms with van der Waals surface area (Å²) < 4.78 is 30.9. The van der Waals surface area contributed by atoms with E-state index in [1.54, 1.807) is 42.5 Å². The van der Waals surface area contributed by atoms with Gasteiger partial charge in [-0.15, -0.1) is 0 Å². The average Bonchev–Trinajstić information content (AvgIpc) is 3.23. The Balaban J connectivity index is 1.73. The first-order valence-electron chi connectivity index (χ1n) is 14.4. The Labute approximate surface area is 249 Å². The highest BCUT2D eigenvalue weighted by molar-refractivity contribution is 5.89. The van der Waals surface area contributed by atoms with E-state index in [9.17, 15) is 24.3 Å². The molecule has 1 N–H and O–H groups in total. The fourth-order valence-electron chi connectivity index (χ4n) is 7.54. The number of rotatable bonds is 7. The number of hydrogen-bond donors (Lipinski definition) is 1. The molecule has 8 unspecified atom stereocenters. The number of hydrogen-bond acceptors (Lipinski definition) is 11. The maximum atomic E-state index is 13.7. The highest BCUT2D eigenvalue weighted by atomic mass is 16.6. The fourth-order valence-corrected chi connectivity index (χ4v) is 7.54. The van der Waals surface area contributed by atoms with E-state index in [1.165, 1.54) is 26.1 Å². The van der Waals surface area contributed by atoms with E-state index in [2.05, 4.69) is 4.98 Å². The van der Waals surface area contributed by atoms with Crippen LogP contribution in [-0.2, 0) is 33.3 Å². The molecule has 43 heavy (non-hydrogen) atoms. The third-order valence-electron chi connectivity index (χ3n) is 9.25. The molecule has 11 heteroatoms. The van der Waals surface area contributed by atoms with Gasteiger partial charge in [0.15, 0.2) is 6.10 Å². The van der Waals surface area contributed by atoms with Crippen molar-refractivity contribution in [3.8, 4) is 0 Å². The van der Waals surface area contributed by atoms with E-state index in [0.29, 0.717) is 6.42 Å². The second-order valence-corrected chi connectivity index (χ2v) is 12.2. The maximum Gasteiger partial charge on any atom is 0.356 e. The van der Waals surface area contributed by atoms with Gasteiger partial charge in [-0.1, -0.05) is 31.2 Å². The predicted molar refractivity (Wildman–Crippen MR) is 149 cm³/mol. The molecule has 230 valence electrons. The van der Waals surface area contributed by atoms with Crippen molar-refractivity contribution in [1.82, 2.24) is 4.98 Å². The lowest BCUT2D eigenvalue weighted by Gasteiger charge is -2.62. The molecule has 3 fully saturated rings. The molecule has 1 aliphatic heterocycles. The Morgan fingerprint density at radius 1 is 0.930 bits per heavy atom. The Morgan fingerprint density at radius 2 is 1.60 bits per heavy atom. The number of aliphatic hydroxyl groups excluding tert-OH is 1. The van der Waals surface area contributed by atoms with Crippen molar-refractivity contribution in [3.63, 3.8) is 0 Å². The zero-order chi connectivity index (χ0) is 31.2. The molecular weight excluding hydrogens is 558 g/mol. The third-order valence-corrected chi connectivity index (χ3v) is 9.25. The molecule has 0 amide bonds. The van der Waals surface area contributed by atoms with Gasteiger partial charge in [0.25, 0.3) is 0 Å². The topological polar surface area (TPSA) is 148 Å². The normalized spacial score (nSPS) is 33.9. The summed E-state index contributed by atoms with van der Waals surface area (Å²) in [5.41, 5.74) is -3.60. The number of fused-ring (bicyclic) bond motifs is 1. The highest BCUT2D eigenvalue weighted by Gasteiger charge is 2.80. The molecule has 5 rings (SSSR count). The van der Waals surface area contributed by atoms with Crippen LogP contribution in [0.1, 0.15) is 68.3 Å². The lowest BCUT2D eigenvalue weighted by molar-refractivity contribution is -0.305. The molecule has 2 heterocycles. The van der Waals surface area contributed by atoms with Gasteiger partial charge < -0.3 is 28.8 Å². The lowest BCUT2D eigenvalue weighted by Crippen LogP contribution is -2.76. The first-order valence-corrected chi connectivity index (χ1v) is 14.4. The number of esters is 4.